The lowest BCUT2D eigenvalue weighted by Crippen LogP contribution is -2.50. The van der Waals surface area contributed by atoms with Crippen molar-refractivity contribution in [3.05, 3.63) is 35.7 Å². The van der Waals surface area contributed by atoms with Crippen LogP contribution in [-0.4, -0.2) is 76.6 Å². The van der Waals surface area contributed by atoms with Gasteiger partial charge in [-0.3, -0.25) is 4.79 Å². The lowest BCUT2D eigenvalue weighted by molar-refractivity contribution is -0.132. The Morgan fingerprint density at radius 2 is 1.88 bits per heavy atom. The van der Waals surface area contributed by atoms with E-state index < -0.39 is 17.7 Å². The van der Waals surface area contributed by atoms with Gasteiger partial charge in [-0.25, -0.2) is 4.79 Å². The molecule has 0 aliphatic carbocycles. The summed E-state index contributed by atoms with van der Waals surface area (Å²) in [5.74, 6) is 3.99. The topological polar surface area (TPSA) is 110 Å². The fourth-order valence-corrected chi connectivity index (χ4v) is 5.94. The number of amides is 2. The molecule has 1 N–H and O–H groups in total. The number of hydrogen-bond acceptors (Lipinski definition) is 9. The zero-order valence-corrected chi connectivity index (χ0v) is 25.9. The normalized spacial score (nSPS) is 17.1. The second kappa shape index (κ2) is 14.3. The Hall–Kier alpha value is -2.95. The quantitative estimate of drug-likeness (QED) is 0.353. The molecule has 2 aliphatic rings. The van der Waals surface area contributed by atoms with Crippen LogP contribution in [0.5, 0.6) is 5.75 Å². The summed E-state index contributed by atoms with van der Waals surface area (Å²) in [7, 11) is 0. The molecule has 2 amide bonds. The molecular formula is C30H45N5O5S. The summed E-state index contributed by atoms with van der Waals surface area (Å²) in [6, 6.07) is 7.75. The smallest absolute Gasteiger partial charge is 0.408 e. The summed E-state index contributed by atoms with van der Waals surface area (Å²) in [6.07, 6.45) is 4.16. The number of nitrogens with one attached hydrogen (secondary N) is 1. The SMILES string of the molecule is CC(C)c1noc(N2CCC(CCCOc3ccc(CC(NC(=O)OC(C)(C)C)C(=O)N4CCSC4)cc3)CC2)n1. The van der Waals surface area contributed by atoms with Gasteiger partial charge in [0.25, 0.3) is 0 Å². The Bertz CT molecular complexity index is 1120. The zero-order chi connectivity index (χ0) is 29.4. The summed E-state index contributed by atoms with van der Waals surface area (Å²) in [6.45, 7) is 12.8. The van der Waals surface area contributed by atoms with Crippen LogP contribution in [0.4, 0.5) is 10.8 Å². The van der Waals surface area contributed by atoms with Crippen molar-refractivity contribution in [3.63, 3.8) is 0 Å². The first-order valence-electron chi connectivity index (χ1n) is 14.7. The summed E-state index contributed by atoms with van der Waals surface area (Å²) in [5, 5.41) is 6.88. The third-order valence-electron chi connectivity index (χ3n) is 7.27. The van der Waals surface area contributed by atoms with Gasteiger partial charge in [-0.2, -0.15) is 4.98 Å². The van der Waals surface area contributed by atoms with Crippen molar-refractivity contribution in [2.24, 2.45) is 5.92 Å². The number of alkyl carbamates (subject to hydrolysis) is 1. The highest BCUT2D eigenvalue weighted by atomic mass is 32.2. The number of hydrogen-bond donors (Lipinski definition) is 1. The molecule has 0 radical (unpaired) electrons. The summed E-state index contributed by atoms with van der Waals surface area (Å²) in [4.78, 5) is 34.1. The van der Waals surface area contributed by atoms with Crippen molar-refractivity contribution in [3.8, 4) is 5.75 Å². The molecule has 0 spiro atoms. The number of rotatable bonds is 11. The number of thioether (sulfide) groups is 1. The van der Waals surface area contributed by atoms with Crippen LogP contribution in [0.1, 0.15) is 77.6 Å². The second-order valence-electron chi connectivity index (χ2n) is 12.2. The van der Waals surface area contributed by atoms with E-state index in [9.17, 15) is 9.59 Å². The monoisotopic (exact) mass is 587 g/mol. The van der Waals surface area contributed by atoms with E-state index in [2.05, 4.69) is 34.2 Å². The molecular weight excluding hydrogens is 542 g/mol. The van der Waals surface area contributed by atoms with Crippen LogP contribution in [0.15, 0.2) is 28.8 Å². The van der Waals surface area contributed by atoms with E-state index in [1.165, 1.54) is 0 Å². The van der Waals surface area contributed by atoms with Crippen LogP contribution in [0.2, 0.25) is 0 Å². The molecule has 3 heterocycles. The number of aromatic nitrogens is 2. The molecule has 11 heteroatoms. The minimum absolute atomic E-state index is 0.0792. The van der Waals surface area contributed by atoms with Crippen molar-refractivity contribution >= 4 is 29.8 Å². The standard InChI is InChI=1S/C30H45N5O5S/c1-21(2)26-32-28(40-33-26)34-14-12-22(13-15-34)7-6-17-38-24-10-8-23(9-11-24)19-25(27(36)35-16-18-41-20-35)31-29(37)39-30(3,4)5/h8-11,21-22,25H,6-7,12-20H2,1-5H3,(H,31,37). The van der Waals surface area contributed by atoms with Crippen molar-refractivity contribution in [2.75, 3.05) is 42.8 Å². The van der Waals surface area contributed by atoms with Gasteiger partial charge < -0.3 is 29.1 Å². The predicted molar refractivity (Wildman–Crippen MR) is 160 cm³/mol. The minimum Gasteiger partial charge on any atom is -0.494 e. The number of anilines is 1. The number of carbonyl (C=O) groups is 2. The molecule has 2 aliphatic heterocycles. The van der Waals surface area contributed by atoms with Gasteiger partial charge in [0.15, 0.2) is 5.82 Å². The number of nitrogens with zero attached hydrogens (tertiary/aromatic N) is 4. The Morgan fingerprint density at radius 1 is 1.15 bits per heavy atom. The molecule has 1 atom stereocenters. The van der Waals surface area contributed by atoms with Crippen LogP contribution in [0, 0.1) is 5.92 Å². The molecule has 4 rings (SSSR count). The summed E-state index contributed by atoms with van der Waals surface area (Å²) < 4.78 is 16.9. The molecule has 10 nitrogen and oxygen atoms in total. The van der Waals surface area contributed by atoms with Crippen LogP contribution in [-0.2, 0) is 16.0 Å². The average Bonchev–Trinajstić information content (AvgIpc) is 3.64. The van der Waals surface area contributed by atoms with E-state index in [0.717, 1.165) is 61.7 Å². The van der Waals surface area contributed by atoms with Gasteiger partial charge in [0, 0.05) is 37.7 Å². The molecule has 0 saturated carbocycles. The van der Waals surface area contributed by atoms with Crippen LogP contribution >= 0.6 is 11.8 Å². The van der Waals surface area contributed by atoms with Gasteiger partial charge in [0.2, 0.25) is 5.91 Å². The average molecular weight is 588 g/mol. The molecule has 1 aromatic carbocycles. The largest absolute Gasteiger partial charge is 0.494 e. The maximum atomic E-state index is 13.1. The highest BCUT2D eigenvalue weighted by Crippen LogP contribution is 2.26. The maximum absolute atomic E-state index is 13.1. The fourth-order valence-electron chi connectivity index (χ4n) is 4.98. The van der Waals surface area contributed by atoms with Gasteiger partial charge in [0.05, 0.1) is 12.5 Å². The number of benzene rings is 1. The Kier molecular flexibility index (Phi) is 10.8. The third-order valence-corrected chi connectivity index (χ3v) is 8.24. The summed E-state index contributed by atoms with van der Waals surface area (Å²) in [5.41, 5.74) is 0.316. The first-order valence-corrected chi connectivity index (χ1v) is 15.9. The van der Waals surface area contributed by atoms with Gasteiger partial charge >= 0.3 is 12.1 Å². The lowest BCUT2D eigenvalue weighted by Gasteiger charge is -2.30. The zero-order valence-electron chi connectivity index (χ0n) is 25.1. The first kappa shape index (κ1) is 31.0. The van der Waals surface area contributed by atoms with Crippen LogP contribution < -0.4 is 15.0 Å². The molecule has 2 fully saturated rings. The molecule has 0 bridgehead atoms. The van der Waals surface area contributed by atoms with Crippen molar-refractivity contribution in [1.29, 1.82) is 0 Å². The van der Waals surface area contributed by atoms with Gasteiger partial charge in [-0.05, 0) is 70.1 Å². The minimum atomic E-state index is -0.682. The molecule has 1 unspecified atom stereocenters. The van der Waals surface area contributed by atoms with E-state index in [0.29, 0.717) is 37.4 Å². The third kappa shape index (κ3) is 9.55. The van der Waals surface area contributed by atoms with E-state index >= 15 is 0 Å². The first-order chi connectivity index (χ1) is 19.6. The lowest BCUT2D eigenvalue weighted by atomic mass is 9.92. The molecule has 2 saturated heterocycles. The predicted octanol–water partition coefficient (Wildman–Crippen LogP) is 5.24. The number of ether oxygens (including phenoxy) is 2. The van der Waals surface area contributed by atoms with Gasteiger partial charge in [0.1, 0.15) is 17.4 Å². The fraction of sp³-hybridized carbons (Fsp3) is 0.667. The van der Waals surface area contributed by atoms with Crippen LogP contribution in [0.25, 0.3) is 0 Å². The van der Waals surface area contributed by atoms with Crippen molar-refractivity contribution < 1.29 is 23.6 Å². The Balaban J connectivity index is 1.20. The van der Waals surface area contributed by atoms with Crippen molar-refractivity contribution in [2.45, 2.75) is 84.3 Å². The van der Waals surface area contributed by atoms with E-state index in [4.69, 9.17) is 14.0 Å². The van der Waals surface area contributed by atoms with E-state index in [-0.39, 0.29) is 11.8 Å². The highest BCUT2D eigenvalue weighted by Gasteiger charge is 2.30. The second-order valence-corrected chi connectivity index (χ2v) is 13.3. The van der Waals surface area contributed by atoms with Gasteiger partial charge in [-0.1, -0.05) is 31.1 Å². The highest BCUT2D eigenvalue weighted by molar-refractivity contribution is 7.99. The molecule has 226 valence electrons. The van der Waals surface area contributed by atoms with Crippen molar-refractivity contribution in [1.82, 2.24) is 20.4 Å². The molecule has 2 aromatic rings. The maximum Gasteiger partial charge on any atom is 0.408 e. The van der Waals surface area contributed by atoms with Crippen LogP contribution in [0.3, 0.4) is 0 Å². The summed E-state index contributed by atoms with van der Waals surface area (Å²) >= 11 is 1.72. The number of piperidine rings is 1. The van der Waals surface area contributed by atoms with E-state index in [1.54, 1.807) is 16.7 Å². The number of carbonyl (C=O) groups excluding carboxylic acids is 2. The van der Waals surface area contributed by atoms with Gasteiger partial charge in [-0.15, -0.1) is 11.8 Å². The van der Waals surface area contributed by atoms with E-state index in [1.807, 2.05) is 45.0 Å². The molecule has 41 heavy (non-hydrogen) atoms. The molecule has 1 aromatic heterocycles. The Labute approximate surface area is 247 Å². The Morgan fingerprint density at radius 3 is 2.49 bits per heavy atom.